The second-order valence-corrected chi connectivity index (χ2v) is 9.70. The number of amides is 1. The molecule has 0 radical (unpaired) electrons. The zero-order valence-corrected chi connectivity index (χ0v) is 17.1. The number of halogens is 1. The van der Waals surface area contributed by atoms with Crippen LogP contribution in [0, 0.1) is 5.92 Å². The molecule has 0 saturated carbocycles. The highest BCUT2D eigenvalue weighted by Crippen LogP contribution is 2.23. The van der Waals surface area contributed by atoms with Crippen molar-refractivity contribution >= 4 is 27.7 Å². The molecular weight excluding hydrogens is 386 g/mol. The predicted octanol–water partition coefficient (Wildman–Crippen LogP) is 2.44. The number of nitrogens with zero attached hydrogens (tertiary/aromatic N) is 2. The van der Waals surface area contributed by atoms with Crippen LogP contribution in [-0.4, -0.2) is 55.7 Å². The quantitative estimate of drug-likeness (QED) is 0.778. The maximum Gasteiger partial charge on any atom is 0.281 e. The molecule has 2 aliphatic heterocycles. The predicted molar refractivity (Wildman–Crippen MR) is 107 cm³/mol. The van der Waals surface area contributed by atoms with Crippen LogP contribution in [0.5, 0.6) is 0 Å². The SMILES string of the molecule is O=C(NCCc1ccc(Cl)cc1)C1CCCN(S(=O)(=O)N2CCCCC2)C1. The van der Waals surface area contributed by atoms with E-state index in [9.17, 15) is 13.2 Å². The monoisotopic (exact) mass is 413 g/mol. The van der Waals surface area contributed by atoms with Gasteiger partial charge in [-0.05, 0) is 49.8 Å². The molecule has 3 rings (SSSR count). The van der Waals surface area contributed by atoms with Gasteiger partial charge in [-0.1, -0.05) is 30.2 Å². The summed E-state index contributed by atoms with van der Waals surface area (Å²) in [6.45, 7) is 2.52. The number of benzene rings is 1. The van der Waals surface area contributed by atoms with Gasteiger partial charge in [0.05, 0.1) is 5.92 Å². The second kappa shape index (κ2) is 9.37. The fraction of sp³-hybridized carbons (Fsp3) is 0.632. The van der Waals surface area contributed by atoms with E-state index >= 15 is 0 Å². The van der Waals surface area contributed by atoms with Crippen LogP contribution >= 0.6 is 11.6 Å². The molecule has 1 N–H and O–H groups in total. The highest BCUT2D eigenvalue weighted by Gasteiger charge is 2.36. The number of rotatable bonds is 6. The fourth-order valence-electron chi connectivity index (χ4n) is 3.75. The Labute approximate surface area is 167 Å². The zero-order chi connectivity index (χ0) is 19.3. The van der Waals surface area contributed by atoms with Crippen LogP contribution in [0.15, 0.2) is 24.3 Å². The van der Waals surface area contributed by atoms with Gasteiger partial charge in [0.1, 0.15) is 0 Å². The summed E-state index contributed by atoms with van der Waals surface area (Å²) in [4.78, 5) is 12.5. The van der Waals surface area contributed by atoms with E-state index < -0.39 is 10.2 Å². The van der Waals surface area contributed by atoms with E-state index in [-0.39, 0.29) is 18.4 Å². The van der Waals surface area contributed by atoms with Crippen LogP contribution in [0.25, 0.3) is 0 Å². The molecular formula is C19H28ClN3O3S. The molecule has 1 unspecified atom stereocenters. The molecule has 1 aromatic rings. The first-order valence-corrected chi connectivity index (χ1v) is 11.5. The Kier molecular flexibility index (Phi) is 7.14. The lowest BCUT2D eigenvalue weighted by atomic mass is 9.99. The van der Waals surface area contributed by atoms with Crippen molar-refractivity contribution in [3.05, 3.63) is 34.9 Å². The lowest BCUT2D eigenvalue weighted by Gasteiger charge is -2.36. The van der Waals surface area contributed by atoms with Crippen molar-refractivity contribution < 1.29 is 13.2 Å². The average molecular weight is 414 g/mol. The molecule has 0 aliphatic carbocycles. The van der Waals surface area contributed by atoms with Crippen LogP contribution < -0.4 is 5.32 Å². The van der Waals surface area contributed by atoms with Crippen LogP contribution in [0.1, 0.15) is 37.7 Å². The first-order chi connectivity index (χ1) is 13.0. The maximum atomic E-state index is 12.8. The van der Waals surface area contributed by atoms with Crippen molar-refractivity contribution in [3.63, 3.8) is 0 Å². The molecule has 27 heavy (non-hydrogen) atoms. The minimum atomic E-state index is -3.44. The van der Waals surface area contributed by atoms with Gasteiger partial charge in [-0.25, -0.2) is 0 Å². The maximum absolute atomic E-state index is 12.8. The van der Waals surface area contributed by atoms with E-state index in [1.807, 2.05) is 24.3 Å². The molecule has 1 aromatic carbocycles. The Balaban J connectivity index is 1.50. The third-order valence-electron chi connectivity index (χ3n) is 5.35. The third-order valence-corrected chi connectivity index (χ3v) is 7.60. The molecule has 2 aliphatic rings. The number of hydrogen-bond acceptors (Lipinski definition) is 3. The lowest BCUT2D eigenvalue weighted by Crippen LogP contribution is -2.51. The number of hydrogen-bond donors (Lipinski definition) is 1. The van der Waals surface area contributed by atoms with E-state index in [0.29, 0.717) is 31.2 Å². The standard InChI is InChI=1S/C19H28ClN3O3S/c20-18-8-6-16(7-9-18)10-11-21-19(24)17-5-4-14-23(15-17)27(25,26)22-12-2-1-3-13-22/h6-9,17H,1-5,10-15H2,(H,21,24). The van der Waals surface area contributed by atoms with Gasteiger partial charge in [0.15, 0.2) is 0 Å². The van der Waals surface area contributed by atoms with Crippen LogP contribution in [0.4, 0.5) is 0 Å². The van der Waals surface area contributed by atoms with Gasteiger partial charge in [-0.2, -0.15) is 17.0 Å². The van der Waals surface area contributed by atoms with Gasteiger partial charge in [-0.15, -0.1) is 0 Å². The first-order valence-electron chi connectivity index (χ1n) is 9.74. The lowest BCUT2D eigenvalue weighted by molar-refractivity contribution is -0.126. The number of carbonyl (C=O) groups is 1. The molecule has 6 nitrogen and oxygen atoms in total. The highest BCUT2D eigenvalue weighted by molar-refractivity contribution is 7.86. The normalized spacial score (nSPS) is 22.5. The van der Waals surface area contributed by atoms with E-state index in [1.54, 1.807) is 4.31 Å². The summed E-state index contributed by atoms with van der Waals surface area (Å²) in [6, 6.07) is 7.57. The molecule has 0 bridgehead atoms. The Morgan fingerprint density at radius 1 is 1.04 bits per heavy atom. The summed E-state index contributed by atoms with van der Waals surface area (Å²) in [5.74, 6) is -0.328. The Morgan fingerprint density at radius 2 is 1.70 bits per heavy atom. The van der Waals surface area contributed by atoms with Crippen LogP contribution in [0.3, 0.4) is 0 Å². The van der Waals surface area contributed by atoms with Crippen molar-refractivity contribution in [1.82, 2.24) is 13.9 Å². The van der Waals surface area contributed by atoms with E-state index in [4.69, 9.17) is 11.6 Å². The fourth-order valence-corrected chi connectivity index (χ4v) is 5.65. The summed E-state index contributed by atoms with van der Waals surface area (Å²) in [7, 11) is -3.44. The smallest absolute Gasteiger partial charge is 0.281 e. The van der Waals surface area contributed by atoms with Crippen molar-refractivity contribution in [3.8, 4) is 0 Å². The number of nitrogens with one attached hydrogen (secondary N) is 1. The largest absolute Gasteiger partial charge is 0.355 e. The summed E-state index contributed by atoms with van der Waals surface area (Å²) in [6.07, 6.45) is 5.11. The first kappa shape index (κ1) is 20.6. The van der Waals surface area contributed by atoms with Gasteiger partial charge in [-0.3, -0.25) is 4.79 Å². The topological polar surface area (TPSA) is 69.7 Å². The number of carbonyl (C=O) groups excluding carboxylic acids is 1. The van der Waals surface area contributed by atoms with Crippen molar-refractivity contribution in [2.24, 2.45) is 5.92 Å². The van der Waals surface area contributed by atoms with E-state index in [2.05, 4.69) is 5.32 Å². The van der Waals surface area contributed by atoms with Crippen LogP contribution in [-0.2, 0) is 21.4 Å². The molecule has 2 fully saturated rings. The molecule has 1 amide bonds. The molecule has 150 valence electrons. The highest BCUT2D eigenvalue weighted by atomic mass is 35.5. The van der Waals surface area contributed by atoms with Crippen molar-refractivity contribution in [1.29, 1.82) is 0 Å². The minimum absolute atomic E-state index is 0.0532. The van der Waals surface area contributed by atoms with Gasteiger partial charge >= 0.3 is 0 Å². The molecule has 8 heteroatoms. The Morgan fingerprint density at radius 3 is 2.41 bits per heavy atom. The molecule has 1 atom stereocenters. The van der Waals surface area contributed by atoms with Crippen LogP contribution in [0.2, 0.25) is 5.02 Å². The molecule has 2 saturated heterocycles. The van der Waals surface area contributed by atoms with Crippen molar-refractivity contribution in [2.45, 2.75) is 38.5 Å². The van der Waals surface area contributed by atoms with Gasteiger partial charge in [0, 0.05) is 37.7 Å². The summed E-state index contributed by atoms with van der Waals surface area (Å²) < 4.78 is 28.8. The zero-order valence-electron chi connectivity index (χ0n) is 15.6. The Hall–Kier alpha value is -1.15. The molecule has 2 heterocycles. The minimum Gasteiger partial charge on any atom is -0.355 e. The Bertz CT molecular complexity index is 733. The van der Waals surface area contributed by atoms with E-state index in [0.717, 1.165) is 44.1 Å². The molecule has 0 spiro atoms. The summed E-state index contributed by atoms with van der Waals surface area (Å²) in [5, 5.41) is 3.65. The van der Waals surface area contributed by atoms with Gasteiger partial charge in [0.25, 0.3) is 10.2 Å². The van der Waals surface area contributed by atoms with E-state index in [1.165, 1.54) is 4.31 Å². The van der Waals surface area contributed by atoms with Gasteiger partial charge in [0.2, 0.25) is 5.91 Å². The molecule has 0 aromatic heterocycles. The summed E-state index contributed by atoms with van der Waals surface area (Å²) >= 11 is 5.88. The third kappa shape index (κ3) is 5.44. The van der Waals surface area contributed by atoms with Crippen molar-refractivity contribution in [2.75, 3.05) is 32.7 Å². The summed E-state index contributed by atoms with van der Waals surface area (Å²) in [5.41, 5.74) is 1.11. The van der Waals surface area contributed by atoms with Gasteiger partial charge < -0.3 is 5.32 Å². The number of piperidine rings is 2. The second-order valence-electron chi connectivity index (χ2n) is 7.33. The average Bonchev–Trinajstić information content (AvgIpc) is 2.70.